The number of hydrogen-bond donors (Lipinski definition) is 1. The van der Waals surface area contributed by atoms with Gasteiger partial charge in [0.1, 0.15) is 0 Å². The summed E-state index contributed by atoms with van der Waals surface area (Å²) in [4.78, 5) is 0. The van der Waals surface area contributed by atoms with Gasteiger partial charge in [0.05, 0.1) is 0 Å². The van der Waals surface area contributed by atoms with Crippen molar-refractivity contribution in [3.8, 4) is 0 Å². The van der Waals surface area contributed by atoms with Gasteiger partial charge in [-0.15, -0.1) is 0 Å². The molecule has 0 radical (unpaired) electrons. The van der Waals surface area contributed by atoms with E-state index in [1.807, 2.05) is 0 Å². The molecule has 2 unspecified atom stereocenters. The molecule has 0 aromatic heterocycles. The highest BCUT2D eigenvalue weighted by atomic mass is 14.9. The predicted octanol–water partition coefficient (Wildman–Crippen LogP) is 5.69. The zero-order valence-electron chi connectivity index (χ0n) is 13.6. The Balaban J connectivity index is 2.21. The minimum absolute atomic E-state index is 0.839. The normalized spacial score (nSPS) is 21.5. The third kappa shape index (κ3) is 8.68. The van der Waals surface area contributed by atoms with Crippen molar-refractivity contribution in [2.45, 2.75) is 103 Å². The summed E-state index contributed by atoms with van der Waals surface area (Å²) < 4.78 is 0. The van der Waals surface area contributed by atoms with E-state index < -0.39 is 0 Å². The molecule has 114 valence electrons. The first-order valence-electron chi connectivity index (χ1n) is 9.10. The quantitative estimate of drug-likeness (QED) is 0.474. The van der Waals surface area contributed by atoms with E-state index in [0.717, 1.165) is 12.0 Å². The average molecular weight is 268 g/mol. The van der Waals surface area contributed by atoms with Crippen LogP contribution in [0.15, 0.2) is 0 Å². The molecule has 0 aromatic rings. The van der Waals surface area contributed by atoms with E-state index >= 15 is 0 Å². The third-order valence-corrected chi connectivity index (χ3v) is 4.71. The molecule has 1 N–H and O–H groups in total. The van der Waals surface area contributed by atoms with Gasteiger partial charge in [-0.2, -0.15) is 0 Å². The Kier molecular flexibility index (Phi) is 10.5. The van der Waals surface area contributed by atoms with Gasteiger partial charge >= 0.3 is 0 Å². The fourth-order valence-corrected chi connectivity index (χ4v) is 3.45. The second-order valence-electron chi connectivity index (χ2n) is 6.59. The highest BCUT2D eigenvalue weighted by Gasteiger charge is 2.18. The van der Waals surface area contributed by atoms with Gasteiger partial charge in [0.25, 0.3) is 0 Å². The number of nitrogens with one attached hydrogen (secondary N) is 1. The third-order valence-electron chi connectivity index (χ3n) is 4.71. The number of rotatable bonds is 11. The topological polar surface area (TPSA) is 12.0 Å². The smallest absolute Gasteiger partial charge is 0.00697 e. The lowest BCUT2D eigenvalue weighted by Crippen LogP contribution is -2.35. The lowest BCUT2D eigenvalue weighted by Gasteiger charge is -2.28. The second kappa shape index (κ2) is 11.8. The fourth-order valence-electron chi connectivity index (χ4n) is 3.45. The van der Waals surface area contributed by atoms with E-state index in [1.165, 1.54) is 90.0 Å². The van der Waals surface area contributed by atoms with Crippen molar-refractivity contribution in [3.63, 3.8) is 0 Å². The molecule has 0 amide bonds. The van der Waals surface area contributed by atoms with Gasteiger partial charge in [-0.1, -0.05) is 78.1 Å². The Hall–Kier alpha value is -0.0400. The molecule has 0 spiro atoms. The first kappa shape index (κ1) is 17.0. The van der Waals surface area contributed by atoms with Crippen LogP contribution in [0.25, 0.3) is 0 Å². The summed E-state index contributed by atoms with van der Waals surface area (Å²) >= 11 is 0. The van der Waals surface area contributed by atoms with Crippen molar-refractivity contribution in [3.05, 3.63) is 0 Å². The molecule has 2 atom stereocenters. The monoisotopic (exact) mass is 267 g/mol. The van der Waals surface area contributed by atoms with E-state index in [0.29, 0.717) is 0 Å². The maximum absolute atomic E-state index is 3.74. The number of piperidine rings is 1. The SMILES string of the molecule is CCCCCCC(CCCCC)CC1CCCCN1. The zero-order valence-corrected chi connectivity index (χ0v) is 13.6. The van der Waals surface area contributed by atoms with Crippen molar-refractivity contribution in [1.29, 1.82) is 0 Å². The summed E-state index contributed by atoms with van der Waals surface area (Å²) in [5.74, 6) is 0.999. The minimum atomic E-state index is 0.839. The lowest BCUT2D eigenvalue weighted by molar-refractivity contribution is 0.294. The van der Waals surface area contributed by atoms with Crippen molar-refractivity contribution < 1.29 is 0 Å². The molecule has 0 aliphatic carbocycles. The summed E-state index contributed by atoms with van der Waals surface area (Å²) in [5.41, 5.74) is 0. The fraction of sp³-hybridized carbons (Fsp3) is 1.00. The van der Waals surface area contributed by atoms with Gasteiger partial charge in [-0.3, -0.25) is 0 Å². The van der Waals surface area contributed by atoms with Gasteiger partial charge in [0.15, 0.2) is 0 Å². The first-order chi connectivity index (χ1) is 9.36. The van der Waals surface area contributed by atoms with Crippen LogP contribution in [-0.2, 0) is 0 Å². The largest absolute Gasteiger partial charge is 0.314 e. The van der Waals surface area contributed by atoms with Crippen molar-refractivity contribution >= 4 is 0 Å². The molecule has 0 saturated carbocycles. The number of unbranched alkanes of at least 4 members (excludes halogenated alkanes) is 5. The van der Waals surface area contributed by atoms with Crippen LogP contribution in [0.4, 0.5) is 0 Å². The molecule has 0 bridgehead atoms. The van der Waals surface area contributed by atoms with E-state index in [1.54, 1.807) is 0 Å². The Bertz CT molecular complexity index is 184. The van der Waals surface area contributed by atoms with Crippen LogP contribution in [0.3, 0.4) is 0 Å². The molecular weight excluding hydrogens is 230 g/mol. The summed E-state index contributed by atoms with van der Waals surface area (Å²) in [6.07, 6.45) is 18.7. The van der Waals surface area contributed by atoms with E-state index in [9.17, 15) is 0 Å². The van der Waals surface area contributed by atoms with Gasteiger partial charge in [-0.25, -0.2) is 0 Å². The van der Waals surface area contributed by atoms with E-state index in [4.69, 9.17) is 0 Å². The Morgan fingerprint density at radius 2 is 1.58 bits per heavy atom. The molecule has 0 aromatic carbocycles. The van der Waals surface area contributed by atoms with Crippen LogP contribution in [0.1, 0.15) is 97.3 Å². The van der Waals surface area contributed by atoms with E-state index in [-0.39, 0.29) is 0 Å². The molecular formula is C18H37N. The van der Waals surface area contributed by atoms with Crippen LogP contribution < -0.4 is 5.32 Å². The Morgan fingerprint density at radius 3 is 2.21 bits per heavy atom. The van der Waals surface area contributed by atoms with Crippen LogP contribution in [0.2, 0.25) is 0 Å². The molecule has 1 aliphatic heterocycles. The summed E-state index contributed by atoms with van der Waals surface area (Å²) in [6.45, 7) is 5.89. The molecule has 19 heavy (non-hydrogen) atoms. The number of hydrogen-bond acceptors (Lipinski definition) is 1. The van der Waals surface area contributed by atoms with Crippen LogP contribution in [0.5, 0.6) is 0 Å². The summed E-state index contributed by atoms with van der Waals surface area (Å²) in [6, 6.07) is 0.839. The van der Waals surface area contributed by atoms with Crippen molar-refractivity contribution in [1.82, 2.24) is 5.32 Å². The van der Waals surface area contributed by atoms with Gasteiger partial charge in [0.2, 0.25) is 0 Å². The molecule has 1 saturated heterocycles. The maximum atomic E-state index is 3.74. The average Bonchev–Trinajstić information content (AvgIpc) is 2.44. The Labute approximate surface area is 121 Å². The zero-order chi connectivity index (χ0) is 13.8. The predicted molar refractivity (Wildman–Crippen MR) is 86.6 cm³/mol. The van der Waals surface area contributed by atoms with Crippen LogP contribution >= 0.6 is 0 Å². The molecule has 1 fully saturated rings. The summed E-state index contributed by atoms with van der Waals surface area (Å²) in [7, 11) is 0. The minimum Gasteiger partial charge on any atom is -0.314 e. The summed E-state index contributed by atoms with van der Waals surface area (Å²) in [5, 5.41) is 3.74. The molecule has 1 heterocycles. The molecule has 1 rings (SSSR count). The highest BCUT2D eigenvalue weighted by Crippen LogP contribution is 2.25. The second-order valence-corrected chi connectivity index (χ2v) is 6.59. The highest BCUT2D eigenvalue weighted by molar-refractivity contribution is 4.76. The van der Waals surface area contributed by atoms with Crippen molar-refractivity contribution in [2.24, 2.45) is 5.92 Å². The van der Waals surface area contributed by atoms with E-state index in [2.05, 4.69) is 19.2 Å². The Morgan fingerprint density at radius 1 is 0.895 bits per heavy atom. The van der Waals surface area contributed by atoms with Crippen LogP contribution in [-0.4, -0.2) is 12.6 Å². The van der Waals surface area contributed by atoms with Crippen LogP contribution in [0, 0.1) is 5.92 Å². The molecule has 1 aliphatic rings. The standard InChI is InChI=1S/C18H37N/c1-3-5-7-9-13-17(12-8-6-4-2)16-18-14-10-11-15-19-18/h17-19H,3-16H2,1-2H3. The maximum Gasteiger partial charge on any atom is 0.00697 e. The van der Waals surface area contributed by atoms with Crippen molar-refractivity contribution in [2.75, 3.05) is 6.54 Å². The molecule has 1 nitrogen and oxygen atoms in total. The van der Waals surface area contributed by atoms with Gasteiger partial charge < -0.3 is 5.32 Å². The molecule has 1 heteroatoms. The lowest BCUT2D eigenvalue weighted by atomic mass is 9.86. The van der Waals surface area contributed by atoms with Gasteiger partial charge in [0, 0.05) is 6.04 Å². The van der Waals surface area contributed by atoms with Gasteiger partial charge in [-0.05, 0) is 31.7 Å². The first-order valence-corrected chi connectivity index (χ1v) is 9.10.